The van der Waals surface area contributed by atoms with Gasteiger partial charge in [-0.25, -0.2) is 0 Å². The van der Waals surface area contributed by atoms with Gasteiger partial charge in [0, 0.05) is 22.8 Å². The van der Waals surface area contributed by atoms with Crippen LogP contribution in [0.15, 0.2) is 51.5 Å². The van der Waals surface area contributed by atoms with E-state index in [-0.39, 0.29) is 23.8 Å². The van der Waals surface area contributed by atoms with Gasteiger partial charge in [0.05, 0.1) is 17.7 Å². The van der Waals surface area contributed by atoms with E-state index in [9.17, 15) is 14.9 Å². The molecule has 31 heavy (non-hydrogen) atoms. The SMILES string of the molecule is CC1=C(C#N)C(=O)N(CC2CCCO2)C(=O)/C1=C/c1ccc(-c2cc(Cl)ccc2Cl)o1. The third kappa shape index (κ3) is 4.17. The Morgan fingerprint density at radius 3 is 2.74 bits per heavy atom. The lowest BCUT2D eigenvalue weighted by Gasteiger charge is -2.29. The summed E-state index contributed by atoms with van der Waals surface area (Å²) < 4.78 is 11.4. The Bertz CT molecular complexity index is 1170. The molecule has 1 fully saturated rings. The molecular formula is C23H18Cl2N2O4. The summed E-state index contributed by atoms with van der Waals surface area (Å²) in [7, 11) is 0. The Labute approximate surface area is 189 Å². The molecule has 3 heterocycles. The minimum Gasteiger partial charge on any atom is -0.457 e. The normalized spacial score (nSPS) is 20.6. The van der Waals surface area contributed by atoms with E-state index >= 15 is 0 Å². The van der Waals surface area contributed by atoms with Crippen LogP contribution in [0.1, 0.15) is 25.5 Å². The fraction of sp³-hybridized carbons (Fsp3) is 0.261. The first-order valence-electron chi connectivity index (χ1n) is 9.75. The van der Waals surface area contributed by atoms with Crippen molar-refractivity contribution in [1.29, 1.82) is 5.26 Å². The van der Waals surface area contributed by atoms with Crippen LogP contribution in [0, 0.1) is 11.3 Å². The van der Waals surface area contributed by atoms with E-state index in [0.29, 0.717) is 39.3 Å². The quantitative estimate of drug-likeness (QED) is 0.475. The van der Waals surface area contributed by atoms with Crippen LogP contribution in [0.4, 0.5) is 0 Å². The summed E-state index contributed by atoms with van der Waals surface area (Å²) in [6.07, 6.45) is 2.96. The maximum absolute atomic E-state index is 13.1. The molecule has 2 aliphatic heterocycles. The van der Waals surface area contributed by atoms with Crippen LogP contribution in [0.25, 0.3) is 17.4 Å². The topological polar surface area (TPSA) is 83.5 Å². The number of ether oxygens (including phenoxy) is 1. The third-order valence-corrected chi connectivity index (χ3v) is 5.91. The third-order valence-electron chi connectivity index (χ3n) is 5.34. The molecule has 0 spiro atoms. The molecule has 2 aromatic rings. The summed E-state index contributed by atoms with van der Waals surface area (Å²) in [5, 5.41) is 10.5. The molecule has 0 saturated carbocycles. The van der Waals surface area contributed by atoms with Crippen LogP contribution in [0.3, 0.4) is 0 Å². The largest absolute Gasteiger partial charge is 0.457 e. The van der Waals surface area contributed by atoms with Gasteiger partial charge in [-0.05, 0) is 61.7 Å². The van der Waals surface area contributed by atoms with Gasteiger partial charge in [0.2, 0.25) is 0 Å². The van der Waals surface area contributed by atoms with Crippen molar-refractivity contribution in [3.63, 3.8) is 0 Å². The van der Waals surface area contributed by atoms with Gasteiger partial charge >= 0.3 is 0 Å². The first-order valence-corrected chi connectivity index (χ1v) is 10.5. The van der Waals surface area contributed by atoms with Crippen LogP contribution >= 0.6 is 23.2 Å². The zero-order valence-corrected chi connectivity index (χ0v) is 18.2. The zero-order valence-electron chi connectivity index (χ0n) is 16.7. The first-order chi connectivity index (χ1) is 14.9. The van der Waals surface area contributed by atoms with Crippen molar-refractivity contribution in [2.24, 2.45) is 0 Å². The van der Waals surface area contributed by atoms with Gasteiger partial charge in [0.25, 0.3) is 11.8 Å². The first kappa shape index (κ1) is 21.4. The molecule has 1 aromatic carbocycles. The lowest BCUT2D eigenvalue weighted by Crippen LogP contribution is -2.46. The van der Waals surface area contributed by atoms with E-state index in [1.807, 2.05) is 6.07 Å². The molecule has 1 unspecified atom stereocenters. The fourth-order valence-corrected chi connectivity index (χ4v) is 4.07. The highest BCUT2D eigenvalue weighted by atomic mass is 35.5. The molecule has 2 amide bonds. The number of hydrogen-bond acceptors (Lipinski definition) is 5. The molecule has 0 aliphatic carbocycles. The average molecular weight is 457 g/mol. The minimum absolute atomic E-state index is 0.0616. The molecule has 6 nitrogen and oxygen atoms in total. The molecule has 8 heteroatoms. The molecule has 0 radical (unpaired) electrons. The maximum atomic E-state index is 13.1. The number of amides is 2. The summed E-state index contributed by atoms with van der Waals surface area (Å²) in [4.78, 5) is 26.9. The van der Waals surface area contributed by atoms with Gasteiger partial charge in [-0.1, -0.05) is 23.2 Å². The predicted molar refractivity (Wildman–Crippen MR) is 116 cm³/mol. The van der Waals surface area contributed by atoms with Crippen molar-refractivity contribution in [3.8, 4) is 17.4 Å². The number of benzene rings is 1. The Morgan fingerprint density at radius 2 is 2.03 bits per heavy atom. The smallest absolute Gasteiger partial charge is 0.271 e. The lowest BCUT2D eigenvalue weighted by atomic mass is 9.94. The highest BCUT2D eigenvalue weighted by molar-refractivity contribution is 6.35. The summed E-state index contributed by atoms with van der Waals surface area (Å²) in [6.45, 7) is 2.31. The summed E-state index contributed by atoms with van der Waals surface area (Å²) in [5.74, 6) is -0.200. The van der Waals surface area contributed by atoms with Crippen molar-refractivity contribution in [2.45, 2.75) is 25.9 Å². The summed E-state index contributed by atoms with van der Waals surface area (Å²) >= 11 is 12.3. The van der Waals surface area contributed by atoms with Crippen LogP contribution in [-0.4, -0.2) is 36.0 Å². The number of carbonyl (C=O) groups excluding carboxylic acids is 2. The molecule has 158 valence electrons. The zero-order chi connectivity index (χ0) is 22.1. The highest BCUT2D eigenvalue weighted by Gasteiger charge is 2.37. The standard InChI is InChI=1S/C23H18Cl2N2O4/c1-13-17(10-15-5-7-21(31-15)18-9-14(24)4-6-20(18)25)22(28)27(23(29)19(13)11-26)12-16-3-2-8-30-16/h4-7,9-10,16H,2-3,8,12H2,1H3/b17-10+. The molecular weight excluding hydrogens is 439 g/mol. The highest BCUT2D eigenvalue weighted by Crippen LogP contribution is 2.33. The van der Waals surface area contributed by atoms with Crippen molar-refractivity contribution in [1.82, 2.24) is 4.90 Å². The molecule has 1 saturated heterocycles. The molecule has 0 N–H and O–H groups in total. The van der Waals surface area contributed by atoms with Gasteiger partial charge < -0.3 is 9.15 Å². The number of furan rings is 1. The second-order valence-corrected chi connectivity index (χ2v) is 8.20. The molecule has 4 rings (SSSR count). The van der Waals surface area contributed by atoms with Gasteiger partial charge in [-0.2, -0.15) is 5.26 Å². The number of carbonyl (C=O) groups is 2. The van der Waals surface area contributed by atoms with E-state index in [1.165, 1.54) is 6.08 Å². The van der Waals surface area contributed by atoms with Crippen LogP contribution < -0.4 is 0 Å². The van der Waals surface area contributed by atoms with Gasteiger partial charge in [0.15, 0.2) is 0 Å². The lowest BCUT2D eigenvalue weighted by molar-refractivity contribution is -0.142. The number of nitrogens with zero attached hydrogens (tertiary/aromatic N) is 2. The Hall–Kier alpha value is -2.85. The number of nitriles is 1. The molecule has 2 aliphatic rings. The summed E-state index contributed by atoms with van der Waals surface area (Å²) in [6, 6.07) is 10.4. The van der Waals surface area contributed by atoms with Crippen molar-refractivity contribution < 1.29 is 18.7 Å². The fourth-order valence-electron chi connectivity index (χ4n) is 3.69. The van der Waals surface area contributed by atoms with Gasteiger partial charge in [-0.15, -0.1) is 0 Å². The van der Waals surface area contributed by atoms with Crippen molar-refractivity contribution in [3.05, 3.63) is 62.9 Å². The van der Waals surface area contributed by atoms with Gasteiger partial charge in [-0.3, -0.25) is 14.5 Å². The van der Waals surface area contributed by atoms with E-state index in [4.69, 9.17) is 32.4 Å². The number of hydrogen-bond donors (Lipinski definition) is 0. The van der Waals surface area contributed by atoms with E-state index < -0.39 is 11.8 Å². The molecule has 1 aromatic heterocycles. The van der Waals surface area contributed by atoms with Crippen molar-refractivity contribution >= 4 is 41.1 Å². The van der Waals surface area contributed by atoms with E-state index in [1.54, 1.807) is 37.3 Å². The Morgan fingerprint density at radius 1 is 1.23 bits per heavy atom. The average Bonchev–Trinajstić information content (AvgIpc) is 3.43. The Balaban J connectivity index is 1.70. The summed E-state index contributed by atoms with van der Waals surface area (Å²) in [5.41, 5.74) is 1.11. The minimum atomic E-state index is -0.594. The van der Waals surface area contributed by atoms with E-state index in [0.717, 1.165) is 17.7 Å². The van der Waals surface area contributed by atoms with Gasteiger partial charge in [0.1, 0.15) is 23.2 Å². The number of halogens is 2. The van der Waals surface area contributed by atoms with Crippen LogP contribution in [0.2, 0.25) is 10.0 Å². The van der Waals surface area contributed by atoms with Crippen LogP contribution in [0.5, 0.6) is 0 Å². The maximum Gasteiger partial charge on any atom is 0.271 e. The van der Waals surface area contributed by atoms with E-state index in [2.05, 4.69) is 0 Å². The van der Waals surface area contributed by atoms with Crippen LogP contribution in [-0.2, 0) is 14.3 Å². The molecule has 0 bridgehead atoms. The monoisotopic (exact) mass is 456 g/mol. The number of rotatable bonds is 4. The predicted octanol–water partition coefficient (Wildman–Crippen LogP) is 5.02. The molecule has 1 atom stereocenters. The second-order valence-electron chi connectivity index (χ2n) is 7.35. The number of imide groups is 1. The Kier molecular flexibility index (Phi) is 6.01. The van der Waals surface area contributed by atoms with Crippen molar-refractivity contribution in [2.75, 3.05) is 13.2 Å². The second kappa shape index (κ2) is 8.72.